The lowest BCUT2D eigenvalue weighted by atomic mass is 9.89. The first-order valence-electron chi connectivity index (χ1n) is 9.55. The van der Waals surface area contributed by atoms with Crippen molar-refractivity contribution in [2.75, 3.05) is 52.4 Å². The number of hydrogen-bond acceptors (Lipinski definition) is 3. The van der Waals surface area contributed by atoms with Gasteiger partial charge < -0.3 is 15.1 Å². The van der Waals surface area contributed by atoms with Crippen LogP contribution in [0.25, 0.3) is 0 Å². The zero-order chi connectivity index (χ0) is 14.3. The summed E-state index contributed by atoms with van der Waals surface area (Å²) in [5.74, 6) is 1.96. The maximum Gasteiger partial charge on any atom is 0.0109 e. The number of nitrogens with one attached hydrogen (secondary N) is 1. The van der Waals surface area contributed by atoms with E-state index in [0.717, 1.165) is 11.8 Å². The first-order valence-corrected chi connectivity index (χ1v) is 9.55. The van der Waals surface area contributed by atoms with Crippen LogP contribution in [0.4, 0.5) is 0 Å². The van der Waals surface area contributed by atoms with Gasteiger partial charge in [0.1, 0.15) is 0 Å². The second-order valence-electron chi connectivity index (χ2n) is 7.65. The van der Waals surface area contributed by atoms with Crippen molar-refractivity contribution < 1.29 is 0 Å². The molecule has 0 unspecified atom stereocenters. The van der Waals surface area contributed by atoms with E-state index in [1.807, 2.05) is 0 Å². The van der Waals surface area contributed by atoms with E-state index in [4.69, 9.17) is 0 Å². The highest BCUT2D eigenvalue weighted by Gasteiger charge is 2.22. The van der Waals surface area contributed by atoms with Gasteiger partial charge in [0, 0.05) is 26.2 Å². The molecule has 0 aromatic rings. The zero-order valence-corrected chi connectivity index (χ0v) is 15.1. The van der Waals surface area contributed by atoms with Crippen LogP contribution in [0.5, 0.6) is 0 Å². The molecule has 0 aromatic carbocycles. The summed E-state index contributed by atoms with van der Waals surface area (Å²) >= 11 is 0. The Balaban J connectivity index is 0.00000176. The predicted molar refractivity (Wildman–Crippen MR) is 96.9 cm³/mol. The molecule has 0 radical (unpaired) electrons. The number of piperidine rings is 1. The van der Waals surface area contributed by atoms with Gasteiger partial charge in [-0.15, -0.1) is 12.4 Å². The number of nitrogens with zero attached hydrogens (tertiary/aromatic N) is 2. The smallest absolute Gasteiger partial charge is 0.0109 e. The maximum atomic E-state index is 3.49. The van der Waals surface area contributed by atoms with Gasteiger partial charge in [0.2, 0.25) is 0 Å². The standard InChI is InChI=1S/C18H35N3.ClH/c1-2-5-17(6-3-1)15-20-11-4-12-21(14-13-20)16-18-7-9-19-10-8-18;/h17-19H,1-16H2;1H. The Bertz CT molecular complexity index is 260. The Morgan fingerprint density at radius 3 is 1.77 bits per heavy atom. The summed E-state index contributed by atoms with van der Waals surface area (Å²) in [6, 6.07) is 0. The molecule has 0 atom stereocenters. The average Bonchev–Trinajstić information content (AvgIpc) is 2.75. The van der Waals surface area contributed by atoms with Gasteiger partial charge in [-0.1, -0.05) is 19.3 Å². The van der Waals surface area contributed by atoms with Crippen LogP contribution in [0.15, 0.2) is 0 Å². The van der Waals surface area contributed by atoms with Gasteiger partial charge >= 0.3 is 0 Å². The van der Waals surface area contributed by atoms with Gasteiger partial charge in [-0.2, -0.15) is 0 Å². The summed E-state index contributed by atoms with van der Waals surface area (Å²) in [4.78, 5) is 5.54. The van der Waals surface area contributed by atoms with Crippen LogP contribution in [-0.2, 0) is 0 Å². The van der Waals surface area contributed by atoms with E-state index in [1.165, 1.54) is 104 Å². The topological polar surface area (TPSA) is 18.5 Å². The third-order valence-electron chi connectivity index (χ3n) is 5.90. The second-order valence-corrected chi connectivity index (χ2v) is 7.65. The lowest BCUT2D eigenvalue weighted by Gasteiger charge is -2.30. The molecule has 3 fully saturated rings. The van der Waals surface area contributed by atoms with E-state index >= 15 is 0 Å². The molecule has 3 rings (SSSR count). The van der Waals surface area contributed by atoms with Crippen molar-refractivity contribution in [3.63, 3.8) is 0 Å². The van der Waals surface area contributed by atoms with E-state index in [9.17, 15) is 0 Å². The van der Waals surface area contributed by atoms with Gasteiger partial charge in [0.05, 0.1) is 0 Å². The molecule has 1 saturated carbocycles. The van der Waals surface area contributed by atoms with E-state index in [2.05, 4.69) is 15.1 Å². The van der Waals surface area contributed by atoms with Gasteiger partial charge in [-0.05, 0) is 70.1 Å². The summed E-state index contributed by atoms with van der Waals surface area (Å²) in [6.07, 6.45) is 11.6. The maximum absolute atomic E-state index is 3.49. The molecule has 0 spiro atoms. The molecule has 2 heterocycles. The lowest BCUT2D eigenvalue weighted by Crippen LogP contribution is -2.38. The molecule has 2 aliphatic heterocycles. The minimum Gasteiger partial charge on any atom is -0.317 e. The van der Waals surface area contributed by atoms with Crippen LogP contribution in [0, 0.1) is 11.8 Å². The van der Waals surface area contributed by atoms with Crippen molar-refractivity contribution in [1.82, 2.24) is 15.1 Å². The minimum atomic E-state index is 0. The summed E-state index contributed by atoms with van der Waals surface area (Å²) in [5.41, 5.74) is 0. The molecule has 0 bridgehead atoms. The number of hydrogen-bond donors (Lipinski definition) is 1. The normalized spacial score (nSPS) is 27.3. The van der Waals surface area contributed by atoms with Crippen molar-refractivity contribution in [1.29, 1.82) is 0 Å². The van der Waals surface area contributed by atoms with Crippen LogP contribution in [0.2, 0.25) is 0 Å². The van der Waals surface area contributed by atoms with Crippen LogP contribution in [-0.4, -0.2) is 62.2 Å². The van der Waals surface area contributed by atoms with E-state index in [1.54, 1.807) is 0 Å². The van der Waals surface area contributed by atoms with Crippen molar-refractivity contribution in [2.45, 2.75) is 51.4 Å². The molecular formula is C18H36ClN3. The third kappa shape index (κ3) is 5.99. The van der Waals surface area contributed by atoms with Crippen molar-refractivity contribution in [2.24, 2.45) is 11.8 Å². The summed E-state index contributed by atoms with van der Waals surface area (Å²) in [6.45, 7) is 10.6. The first kappa shape index (κ1) is 18.5. The fourth-order valence-corrected chi connectivity index (χ4v) is 4.55. The minimum absolute atomic E-state index is 0. The summed E-state index contributed by atoms with van der Waals surface area (Å²) in [7, 11) is 0. The number of rotatable bonds is 4. The van der Waals surface area contributed by atoms with Gasteiger partial charge in [-0.3, -0.25) is 0 Å². The molecule has 2 saturated heterocycles. The number of halogens is 1. The van der Waals surface area contributed by atoms with E-state index < -0.39 is 0 Å². The molecule has 0 aromatic heterocycles. The Morgan fingerprint density at radius 1 is 0.636 bits per heavy atom. The fourth-order valence-electron chi connectivity index (χ4n) is 4.55. The largest absolute Gasteiger partial charge is 0.317 e. The Hall–Kier alpha value is 0.170. The molecule has 3 nitrogen and oxygen atoms in total. The molecule has 1 N–H and O–H groups in total. The second kappa shape index (κ2) is 10.1. The highest BCUT2D eigenvalue weighted by molar-refractivity contribution is 5.85. The van der Waals surface area contributed by atoms with Crippen LogP contribution in [0.3, 0.4) is 0 Å². The Labute approximate surface area is 143 Å². The zero-order valence-electron chi connectivity index (χ0n) is 14.3. The van der Waals surface area contributed by atoms with Crippen molar-refractivity contribution >= 4 is 12.4 Å². The van der Waals surface area contributed by atoms with Gasteiger partial charge in [0.15, 0.2) is 0 Å². The molecule has 3 aliphatic rings. The lowest BCUT2D eigenvalue weighted by molar-refractivity contribution is 0.187. The molecule has 130 valence electrons. The Morgan fingerprint density at radius 2 is 1.18 bits per heavy atom. The van der Waals surface area contributed by atoms with Crippen LogP contribution < -0.4 is 5.32 Å². The van der Waals surface area contributed by atoms with Crippen LogP contribution >= 0.6 is 12.4 Å². The fraction of sp³-hybridized carbons (Fsp3) is 1.00. The SMILES string of the molecule is C1CCC(CN2CCCN(CC3CCNCC3)CC2)CC1.Cl. The third-order valence-corrected chi connectivity index (χ3v) is 5.90. The van der Waals surface area contributed by atoms with Crippen molar-refractivity contribution in [3.05, 3.63) is 0 Å². The van der Waals surface area contributed by atoms with E-state index in [0.29, 0.717) is 0 Å². The van der Waals surface area contributed by atoms with Crippen LogP contribution in [0.1, 0.15) is 51.4 Å². The molecule has 4 heteroatoms. The molecule has 22 heavy (non-hydrogen) atoms. The Kier molecular flexibility index (Phi) is 8.52. The molecule has 1 aliphatic carbocycles. The highest BCUT2D eigenvalue weighted by Crippen LogP contribution is 2.25. The predicted octanol–water partition coefficient (Wildman–Crippen LogP) is 3.00. The van der Waals surface area contributed by atoms with E-state index in [-0.39, 0.29) is 12.4 Å². The first-order chi connectivity index (χ1) is 10.4. The summed E-state index contributed by atoms with van der Waals surface area (Å²) in [5, 5.41) is 3.49. The molecular weight excluding hydrogens is 294 g/mol. The van der Waals surface area contributed by atoms with Gasteiger partial charge in [0.25, 0.3) is 0 Å². The summed E-state index contributed by atoms with van der Waals surface area (Å²) < 4.78 is 0. The monoisotopic (exact) mass is 329 g/mol. The van der Waals surface area contributed by atoms with Gasteiger partial charge in [-0.25, -0.2) is 0 Å². The highest BCUT2D eigenvalue weighted by atomic mass is 35.5. The quantitative estimate of drug-likeness (QED) is 0.855. The average molecular weight is 330 g/mol. The van der Waals surface area contributed by atoms with Crippen molar-refractivity contribution in [3.8, 4) is 0 Å². The molecule has 0 amide bonds.